The number of aromatic amines is 1. The molecule has 102 valence electrons. The third kappa shape index (κ3) is 2.00. The summed E-state index contributed by atoms with van der Waals surface area (Å²) in [5, 5.41) is 5.23. The van der Waals surface area contributed by atoms with E-state index in [1.807, 2.05) is 6.92 Å². The number of nitrogens with zero attached hydrogens (tertiary/aromatic N) is 2. The molecule has 0 saturated carbocycles. The topological polar surface area (TPSA) is 50.7 Å². The lowest BCUT2D eigenvalue weighted by Crippen LogP contribution is -2.08. The second-order valence-corrected chi connectivity index (χ2v) is 4.76. The second-order valence-electron chi connectivity index (χ2n) is 4.49. The Hall–Kier alpha value is -2.14. The fourth-order valence-corrected chi connectivity index (χ4v) is 2.50. The largest absolute Gasteiger partial charge is 0.306 e. The van der Waals surface area contributed by atoms with Crippen molar-refractivity contribution in [2.24, 2.45) is 0 Å². The minimum Gasteiger partial charge on any atom is -0.306 e. The van der Waals surface area contributed by atoms with Crippen molar-refractivity contribution >= 4 is 22.6 Å². The maximum atomic E-state index is 13.0. The highest BCUT2D eigenvalue weighted by Gasteiger charge is 2.14. The van der Waals surface area contributed by atoms with Gasteiger partial charge in [-0.05, 0) is 36.8 Å². The minimum atomic E-state index is -0.322. The van der Waals surface area contributed by atoms with Crippen LogP contribution in [0.5, 0.6) is 0 Å². The predicted molar refractivity (Wildman–Crippen MR) is 75.9 cm³/mol. The Balaban J connectivity index is 2.35. The Morgan fingerprint density at radius 2 is 2.05 bits per heavy atom. The van der Waals surface area contributed by atoms with Crippen LogP contribution >= 0.6 is 11.6 Å². The van der Waals surface area contributed by atoms with Gasteiger partial charge in [-0.15, -0.1) is 11.6 Å². The van der Waals surface area contributed by atoms with E-state index in [0.29, 0.717) is 11.3 Å². The molecule has 0 unspecified atom stereocenters. The van der Waals surface area contributed by atoms with Crippen LogP contribution in [-0.2, 0) is 5.88 Å². The summed E-state index contributed by atoms with van der Waals surface area (Å²) in [6.45, 7) is 1.84. The van der Waals surface area contributed by atoms with Crippen LogP contribution in [0, 0.1) is 12.7 Å². The zero-order valence-corrected chi connectivity index (χ0v) is 11.4. The third-order valence-corrected chi connectivity index (χ3v) is 3.43. The molecule has 0 fully saturated rings. The lowest BCUT2D eigenvalue weighted by molar-refractivity contribution is 0.627. The summed E-state index contributed by atoms with van der Waals surface area (Å²) in [4.78, 5) is 14.5. The van der Waals surface area contributed by atoms with Crippen molar-refractivity contribution < 1.29 is 4.39 Å². The fraction of sp³-hybridized carbons (Fsp3) is 0.143. The molecule has 0 aliphatic heterocycles. The van der Waals surface area contributed by atoms with Crippen molar-refractivity contribution in [2.75, 3.05) is 0 Å². The maximum Gasteiger partial charge on any atom is 0.249 e. The molecule has 0 bridgehead atoms. The number of hydrogen-bond acceptors (Lipinski definition) is 2. The van der Waals surface area contributed by atoms with Crippen molar-refractivity contribution in [2.45, 2.75) is 12.8 Å². The number of rotatable bonds is 2. The second kappa shape index (κ2) is 4.76. The summed E-state index contributed by atoms with van der Waals surface area (Å²) in [5.74, 6) is -0.0898. The van der Waals surface area contributed by atoms with E-state index in [2.05, 4.69) is 10.1 Å². The van der Waals surface area contributed by atoms with Gasteiger partial charge < -0.3 is 4.98 Å². The van der Waals surface area contributed by atoms with Gasteiger partial charge in [-0.2, -0.15) is 5.10 Å². The number of aromatic nitrogens is 3. The molecular weight excluding hydrogens is 281 g/mol. The van der Waals surface area contributed by atoms with Crippen LogP contribution in [0.2, 0.25) is 0 Å². The summed E-state index contributed by atoms with van der Waals surface area (Å²) in [6.07, 6.45) is 0. The zero-order chi connectivity index (χ0) is 14.3. The van der Waals surface area contributed by atoms with E-state index in [9.17, 15) is 9.18 Å². The highest BCUT2D eigenvalue weighted by molar-refractivity contribution is 6.18. The van der Waals surface area contributed by atoms with Crippen LogP contribution in [0.4, 0.5) is 4.39 Å². The van der Waals surface area contributed by atoms with Gasteiger partial charge in [0.05, 0.1) is 11.4 Å². The molecule has 0 aliphatic carbocycles. The van der Waals surface area contributed by atoms with Gasteiger partial charge in [0.15, 0.2) is 0 Å². The summed E-state index contributed by atoms with van der Waals surface area (Å²) >= 11 is 5.89. The number of aryl methyl sites for hydroxylation is 1. The van der Waals surface area contributed by atoms with Crippen molar-refractivity contribution in [3.63, 3.8) is 0 Å². The first-order valence-electron chi connectivity index (χ1n) is 6.03. The molecule has 0 atom stereocenters. The van der Waals surface area contributed by atoms with E-state index in [4.69, 9.17) is 11.6 Å². The number of fused-ring (bicyclic) bond motifs is 1. The first kappa shape index (κ1) is 12.9. The van der Waals surface area contributed by atoms with Crippen molar-refractivity contribution in [1.82, 2.24) is 14.8 Å². The predicted octanol–water partition coefficient (Wildman–Crippen LogP) is 2.90. The van der Waals surface area contributed by atoms with E-state index in [1.54, 1.807) is 16.8 Å². The monoisotopic (exact) mass is 291 g/mol. The van der Waals surface area contributed by atoms with E-state index in [0.717, 1.165) is 16.6 Å². The number of nitrogens with one attached hydrogen (secondary N) is 1. The highest BCUT2D eigenvalue weighted by Crippen LogP contribution is 2.23. The summed E-state index contributed by atoms with van der Waals surface area (Å²) in [6, 6.07) is 7.38. The average Bonchev–Trinajstić information content (AvgIpc) is 2.76. The standard InChI is InChI=1S/C14H11ClFN3O/c1-8-13-9(7-15)6-12(20)17-14(13)19(18-8)11-4-2-10(16)3-5-11/h2-6H,7H2,1H3,(H,17,20). The molecule has 0 spiro atoms. The van der Waals surface area contributed by atoms with Gasteiger partial charge in [-0.25, -0.2) is 9.07 Å². The molecule has 1 N–H and O–H groups in total. The molecular formula is C14H11ClFN3O. The first-order chi connectivity index (χ1) is 9.60. The van der Waals surface area contributed by atoms with Gasteiger partial charge in [0, 0.05) is 17.3 Å². The molecule has 3 rings (SSSR count). The van der Waals surface area contributed by atoms with Gasteiger partial charge in [-0.3, -0.25) is 4.79 Å². The Morgan fingerprint density at radius 3 is 2.70 bits per heavy atom. The Bertz CT molecular complexity index is 836. The average molecular weight is 292 g/mol. The van der Waals surface area contributed by atoms with E-state index in [-0.39, 0.29) is 17.3 Å². The number of hydrogen-bond donors (Lipinski definition) is 1. The lowest BCUT2D eigenvalue weighted by Gasteiger charge is -2.03. The maximum absolute atomic E-state index is 13.0. The molecule has 4 nitrogen and oxygen atoms in total. The lowest BCUT2D eigenvalue weighted by atomic mass is 10.2. The molecule has 2 aromatic heterocycles. The quantitative estimate of drug-likeness (QED) is 0.738. The van der Waals surface area contributed by atoms with Crippen LogP contribution < -0.4 is 5.56 Å². The van der Waals surface area contributed by atoms with E-state index >= 15 is 0 Å². The first-order valence-corrected chi connectivity index (χ1v) is 6.57. The van der Waals surface area contributed by atoms with Crippen molar-refractivity contribution in [3.8, 4) is 5.69 Å². The third-order valence-electron chi connectivity index (χ3n) is 3.14. The van der Waals surface area contributed by atoms with Gasteiger partial charge >= 0.3 is 0 Å². The van der Waals surface area contributed by atoms with Crippen LogP contribution in [0.25, 0.3) is 16.7 Å². The van der Waals surface area contributed by atoms with Crippen molar-refractivity contribution in [1.29, 1.82) is 0 Å². The SMILES string of the molecule is Cc1nn(-c2ccc(F)cc2)c2[nH]c(=O)cc(CCl)c12. The molecule has 2 heterocycles. The number of H-pyrrole nitrogens is 1. The molecule has 0 radical (unpaired) electrons. The Kier molecular flexibility index (Phi) is 3.06. The summed E-state index contributed by atoms with van der Waals surface area (Å²) in [5.41, 5.74) is 2.49. The molecule has 6 heteroatoms. The van der Waals surface area contributed by atoms with Crippen molar-refractivity contribution in [3.05, 3.63) is 57.8 Å². The number of pyridine rings is 1. The summed E-state index contributed by atoms with van der Waals surface area (Å²) in [7, 11) is 0. The van der Waals surface area contributed by atoms with Gasteiger partial charge in [-0.1, -0.05) is 0 Å². The smallest absolute Gasteiger partial charge is 0.249 e. The Morgan fingerprint density at radius 1 is 1.35 bits per heavy atom. The number of alkyl halides is 1. The molecule has 1 aromatic carbocycles. The van der Waals surface area contributed by atoms with E-state index in [1.165, 1.54) is 18.2 Å². The Labute approximate surface area is 118 Å². The number of halogens is 2. The van der Waals surface area contributed by atoms with Crippen LogP contribution in [0.15, 0.2) is 35.1 Å². The fourth-order valence-electron chi connectivity index (χ4n) is 2.28. The highest BCUT2D eigenvalue weighted by atomic mass is 35.5. The number of benzene rings is 1. The molecule has 0 saturated heterocycles. The molecule has 3 aromatic rings. The summed E-state index contributed by atoms with van der Waals surface area (Å²) < 4.78 is 14.6. The van der Waals surface area contributed by atoms with Crippen LogP contribution in [0.1, 0.15) is 11.3 Å². The molecule has 20 heavy (non-hydrogen) atoms. The van der Waals surface area contributed by atoms with E-state index < -0.39 is 0 Å². The van der Waals surface area contributed by atoms with Gasteiger partial charge in [0.2, 0.25) is 5.56 Å². The zero-order valence-electron chi connectivity index (χ0n) is 10.7. The van der Waals surface area contributed by atoms with Crippen LogP contribution in [0.3, 0.4) is 0 Å². The van der Waals surface area contributed by atoms with Gasteiger partial charge in [0.1, 0.15) is 11.5 Å². The minimum absolute atomic E-state index is 0.233. The normalized spacial score (nSPS) is 11.2. The molecule has 0 amide bonds. The van der Waals surface area contributed by atoms with Crippen LogP contribution in [-0.4, -0.2) is 14.8 Å². The van der Waals surface area contributed by atoms with Gasteiger partial charge in [0.25, 0.3) is 0 Å². The molecule has 0 aliphatic rings.